The van der Waals surface area contributed by atoms with Gasteiger partial charge in [0.1, 0.15) is 16.8 Å². The summed E-state index contributed by atoms with van der Waals surface area (Å²) in [4.78, 5) is 46.8. The lowest BCUT2D eigenvalue weighted by Crippen LogP contribution is -2.55. The van der Waals surface area contributed by atoms with Crippen LogP contribution < -0.4 is 15.5 Å². The molecule has 3 aromatic carbocycles. The van der Waals surface area contributed by atoms with Crippen LogP contribution in [0.5, 0.6) is 0 Å². The van der Waals surface area contributed by atoms with Gasteiger partial charge in [0.25, 0.3) is 0 Å². The second kappa shape index (κ2) is 9.77. The number of Topliss-reactive ketones (excluding diaryl/α,β-unsaturated/α-hetero) is 1. The maximum atomic E-state index is 15.0. The molecule has 3 aromatic rings. The van der Waals surface area contributed by atoms with Gasteiger partial charge in [-0.25, -0.2) is 4.79 Å². The molecule has 1 atom stereocenters. The van der Waals surface area contributed by atoms with Crippen LogP contribution in [-0.4, -0.2) is 24.3 Å². The predicted octanol–water partition coefficient (Wildman–Crippen LogP) is 5.37. The van der Waals surface area contributed by atoms with Crippen LogP contribution in [0.1, 0.15) is 44.7 Å². The van der Waals surface area contributed by atoms with Crippen molar-refractivity contribution in [3.8, 4) is 0 Å². The van der Waals surface area contributed by atoms with E-state index in [0.29, 0.717) is 34.6 Å². The van der Waals surface area contributed by atoms with Crippen molar-refractivity contribution in [3.63, 3.8) is 0 Å². The number of para-hydroxylation sites is 2. The zero-order chi connectivity index (χ0) is 28.9. The molecule has 2 heterocycles. The minimum absolute atomic E-state index is 0.0111. The molecule has 6 rings (SSSR count). The third-order valence-electron chi connectivity index (χ3n) is 8.21. The summed E-state index contributed by atoms with van der Waals surface area (Å²) in [5, 5.41) is 0. The number of rotatable bonds is 5. The van der Waals surface area contributed by atoms with Crippen LogP contribution in [0.2, 0.25) is 0 Å². The number of ether oxygens (including phenoxy) is 1. The van der Waals surface area contributed by atoms with E-state index in [-0.39, 0.29) is 48.1 Å². The van der Waals surface area contributed by atoms with Crippen molar-refractivity contribution in [2.45, 2.75) is 45.6 Å². The number of amides is 1. The largest absolute Gasteiger partial charge is 0.462 e. The van der Waals surface area contributed by atoms with Crippen LogP contribution >= 0.6 is 0 Å². The fraction of sp³-hybridized carbons (Fsp3) is 0.265. The minimum atomic E-state index is -1.73. The Morgan fingerprint density at radius 2 is 1.54 bits per heavy atom. The molecule has 2 N–H and O–H groups in total. The van der Waals surface area contributed by atoms with Crippen molar-refractivity contribution in [1.29, 1.82) is 0 Å². The van der Waals surface area contributed by atoms with Gasteiger partial charge in [-0.15, -0.1) is 0 Å². The molecule has 41 heavy (non-hydrogen) atoms. The number of carbonyl (C=O) groups excluding carboxylic acids is 3. The summed E-state index contributed by atoms with van der Waals surface area (Å²) in [7, 11) is 0. The lowest BCUT2D eigenvalue weighted by molar-refractivity contribution is -0.140. The lowest BCUT2D eigenvalue weighted by atomic mass is 9.60. The summed E-state index contributed by atoms with van der Waals surface area (Å²) in [6, 6.07) is 26.5. The molecule has 0 fully saturated rings. The topological polar surface area (TPSA) is 92.9 Å². The summed E-state index contributed by atoms with van der Waals surface area (Å²) in [5.41, 5.74) is 8.68. The summed E-state index contributed by atoms with van der Waals surface area (Å²) in [5.74, 6) is -1.15. The van der Waals surface area contributed by atoms with Crippen molar-refractivity contribution in [2.24, 2.45) is 11.1 Å². The number of nitrogens with two attached hydrogens (primary N) is 1. The third-order valence-corrected chi connectivity index (χ3v) is 8.21. The summed E-state index contributed by atoms with van der Waals surface area (Å²) in [6.45, 7) is 6.16. The van der Waals surface area contributed by atoms with E-state index in [1.165, 1.54) is 0 Å². The first-order valence-electron chi connectivity index (χ1n) is 14.0. The molecule has 208 valence electrons. The van der Waals surface area contributed by atoms with Gasteiger partial charge in [-0.1, -0.05) is 80.6 Å². The van der Waals surface area contributed by atoms with Gasteiger partial charge >= 0.3 is 5.97 Å². The molecule has 7 heteroatoms. The van der Waals surface area contributed by atoms with Crippen LogP contribution in [-0.2, 0) is 31.1 Å². The molecule has 0 saturated heterocycles. The Labute approximate surface area is 239 Å². The highest BCUT2D eigenvalue weighted by Crippen LogP contribution is 2.59. The number of anilines is 2. The molecular weight excluding hydrogens is 514 g/mol. The van der Waals surface area contributed by atoms with E-state index in [1.807, 2.05) is 98.8 Å². The van der Waals surface area contributed by atoms with Gasteiger partial charge < -0.3 is 15.4 Å². The van der Waals surface area contributed by atoms with Crippen LogP contribution in [0.25, 0.3) is 0 Å². The molecule has 3 aliphatic rings. The first-order valence-corrected chi connectivity index (χ1v) is 14.0. The van der Waals surface area contributed by atoms with Crippen LogP contribution in [0.3, 0.4) is 0 Å². The van der Waals surface area contributed by atoms with E-state index in [9.17, 15) is 9.59 Å². The number of nitrogens with zero attached hydrogens (tertiary/aromatic N) is 2. The van der Waals surface area contributed by atoms with E-state index in [4.69, 9.17) is 10.5 Å². The fourth-order valence-corrected chi connectivity index (χ4v) is 6.67. The number of benzene rings is 3. The number of ketones is 1. The molecule has 1 amide bonds. The number of esters is 1. The van der Waals surface area contributed by atoms with Crippen molar-refractivity contribution in [3.05, 3.63) is 119 Å². The van der Waals surface area contributed by atoms with Crippen LogP contribution in [0.15, 0.2) is 108 Å². The van der Waals surface area contributed by atoms with Gasteiger partial charge in [-0.3, -0.25) is 14.5 Å². The third kappa shape index (κ3) is 3.98. The van der Waals surface area contributed by atoms with Crippen molar-refractivity contribution in [1.82, 2.24) is 0 Å². The first kappa shape index (κ1) is 26.6. The fourth-order valence-electron chi connectivity index (χ4n) is 6.67. The van der Waals surface area contributed by atoms with Gasteiger partial charge in [-0.2, -0.15) is 0 Å². The molecule has 7 nitrogen and oxygen atoms in total. The van der Waals surface area contributed by atoms with Gasteiger partial charge in [0.2, 0.25) is 5.91 Å². The Morgan fingerprint density at radius 1 is 0.902 bits per heavy atom. The monoisotopic (exact) mass is 547 g/mol. The highest BCUT2D eigenvalue weighted by atomic mass is 16.5. The predicted molar refractivity (Wildman–Crippen MR) is 158 cm³/mol. The molecule has 0 radical (unpaired) electrons. The van der Waals surface area contributed by atoms with Crippen LogP contribution in [0, 0.1) is 5.41 Å². The van der Waals surface area contributed by atoms with Gasteiger partial charge in [-0.05, 0) is 42.5 Å². The number of hydrogen-bond acceptors (Lipinski definition) is 6. The first-order chi connectivity index (χ1) is 19.7. The van der Waals surface area contributed by atoms with E-state index < -0.39 is 11.4 Å². The second-order valence-electron chi connectivity index (χ2n) is 11.6. The summed E-state index contributed by atoms with van der Waals surface area (Å²) < 4.78 is 5.59. The zero-order valence-electron chi connectivity index (χ0n) is 23.5. The Morgan fingerprint density at radius 3 is 2.22 bits per heavy atom. The normalized spacial score (nSPS) is 21.3. The standard InChI is InChI=1S/C34H33N3O4/c1-4-41-31(39)29-30(35)37(23-15-9-6-10-16-23)26-19-33(2,3)20-27(38)28(26)34(29)24-17-11-12-18-25(24)36(32(34)40)21-22-13-7-5-8-14-22/h5-18H,4,19-21,35H2,1-3H3. The molecule has 0 saturated carbocycles. The number of allylic oxidation sites excluding steroid dienone is 1. The maximum Gasteiger partial charge on any atom is 0.339 e. The molecule has 0 bridgehead atoms. The van der Waals surface area contributed by atoms with Crippen molar-refractivity contribution in [2.75, 3.05) is 16.4 Å². The molecule has 1 aliphatic carbocycles. The minimum Gasteiger partial charge on any atom is -0.462 e. The Balaban J connectivity index is 1.69. The Kier molecular flexibility index (Phi) is 6.33. The Bertz CT molecular complexity index is 1620. The lowest BCUT2D eigenvalue weighted by Gasteiger charge is -2.47. The number of hydrogen-bond donors (Lipinski definition) is 1. The molecular formula is C34H33N3O4. The average Bonchev–Trinajstić information content (AvgIpc) is 3.17. The van der Waals surface area contributed by atoms with E-state index in [1.54, 1.807) is 16.7 Å². The molecule has 2 aliphatic heterocycles. The van der Waals surface area contributed by atoms with Gasteiger partial charge in [0.05, 0.1) is 13.2 Å². The van der Waals surface area contributed by atoms with Crippen LogP contribution in [0.4, 0.5) is 11.4 Å². The van der Waals surface area contributed by atoms with E-state index in [0.717, 1.165) is 5.56 Å². The second-order valence-corrected chi connectivity index (χ2v) is 11.6. The van der Waals surface area contributed by atoms with Gasteiger partial charge in [0, 0.05) is 34.6 Å². The molecule has 1 spiro atoms. The zero-order valence-corrected chi connectivity index (χ0v) is 23.5. The highest BCUT2D eigenvalue weighted by molar-refractivity contribution is 6.24. The number of carbonyl (C=O) groups is 3. The number of fused-ring (bicyclic) bond motifs is 3. The summed E-state index contributed by atoms with van der Waals surface area (Å²) in [6.07, 6.45) is 0.732. The van der Waals surface area contributed by atoms with Gasteiger partial charge in [0.15, 0.2) is 5.78 Å². The summed E-state index contributed by atoms with van der Waals surface area (Å²) >= 11 is 0. The van der Waals surface area contributed by atoms with Crippen molar-refractivity contribution >= 4 is 29.0 Å². The molecule has 0 aromatic heterocycles. The molecule has 1 unspecified atom stereocenters. The SMILES string of the molecule is CCOC(=O)C1=C(N)N(c2ccccc2)C2=C(C(=O)CC(C)(C)C2)C12C(=O)N(Cc1ccccc1)c1ccccc12. The average molecular weight is 548 g/mol. The van der Waals surface area contributed by atoms with E-state index >= 15 is 4.79 Å². The van der Waals surface area contributed by atoms with Crippen molar-refractivity contribution < 1.29 is 19.1 Å². The smallest absolute Gasteiger partial charge is 0.339 e. The maximum absolute atomic E-state index is 15.0. The quantitative estimate of drug-likeness (QED) is 0.432. The highest BCUT2D eigenvalue weighted by Gasteiger charge is 2.64. The Hall–Kier alpha value is -4.65. The van der Waals surface area contributed by atoms with E-state index in [2.05, 4.69) is 0 Å².